The van der Waals surface area contributed by atoms with Gasteiger partial charge in [0.2, 0.25) is 0 Å². The Morgan fingerprint density at radius 2 is 2.12 bits per heavy atom. The van der Waals surface area contributed by atoms with Gasteiger partial charge in [0.15, 0.2) is 0 Å². The molecule has 2 rings (SSSR count). The van der Waals surface area contributed by atoms with Crippen molar-refractivity contribution in [2.75, 3.05) is 11.5 Å². The van der Waals surface area contributed by atoms with Crippen LogP contribution in [0.1, 0.15) is 25.5 Å². The number of hydrogen-bond acceptors (Lipinski definition) is 2. The third-order valence-electron chi connectivity index (χ3n) is 2.80. The molecule has 1 heterocycles. The predicted molar refractivity (Wildman–Crippen MR) is 74.3 cm³/mol. The lowest BCUT2D eigenvalue weighted by Gasteiger charge is -2.37. The molecule has 17 heavy (non-hydrogen) atoms. The molecule has 94 valence electrons. The first-order valence-electron chi connectivity index (χ1n) is 5.46. The average Bonchev–Trinajstić information content (AvgIpc) is 2.19. The fourth-order valence-corrected chi connectivity index (χ4v) is 4.24. The quantitative estimate of drug-likeness (QED) is 0.861. The van der Waals surface area contributed by atoms with Gasteiger partial charge in [0.05, 0.1) is 10.0 Å². The molecule has 0 radical (unpaired) electrons. The Morgan fingerprint density at radius 1 is 1.41 bits per heavy atom. The summed E-state index contributed by atoms with van der Waals surface area (Å²) in [5, 5.41) is 4.57. The van der Waals surface area contributed by atoms with Crippen molar-refractivity contribution in [1.29, 1.82) is 0 Å². The van der Waals surface area contributed by atoms with E-state index in [4.69, 9.17) is 23.2 Å². The third-order valence-corrected chi connectivity index (χ3v) is 5.38. The maximum atomic E-state index is 11.9. The monoisotopic (exact) mass is 291 g/mol. The van der Waals surface area contributed by atoms with Crippen LogP contribution in [0.4, 0.5) is 0 Å². The van der Waals surface area contributed by atoms with Crippen molar-refractivity contribution in [3.8, 4) is 0 Å². The minimum Gasteiger partial charge on any atom is -0.303 e. The van der Waals surface area contributed by atoms with Gasteiger partial charge in [-0.2, -0.15) is 0 Å². The summed E-state index contributed by atoms with van der Waals surface area (Å²) in [6, 6.07) is 5.57. The third kappa shape index (κ3) is 3.02. The molecule has 1 aliphatic rings. The topological polar surface area (TPSA) is 29.1 Å². The summed E-state index contributed by atoms with van der Waals surface area (Å²) in [6.45, 7) is 4.10. The minimum absolute atomic E-state index is 0.00535. The van der Waals surface area contributed by atoms with Crippen LogP contribution in [-0.2, 0) is 10.8 Å². The lowest BCUT2D eigenvalue weighted by Crippen LogP contribution is -2.52. The Bertz CT molecular complexity index is 462. The zero-order chi connectivity index (χ0) is 12.6. The highest BCUT2D eigenvalue weighted by molar-refractivity contribution is 7.85. The molecule has 5 heteroatoms. The molecule has 2 nitrogen and oxygen atoms in total. The number of hydrogen-bond donors (Lipinski definition) is 1. The fraction of sp³-hybridized carbons (Fsp3) is 0.500. The number of benzene rings is 1. The summed E-state index contributed by atoms with van der Waals surface area (Å²) in [6.07, 6.45) is 0. The van der Waals surface area contributed by atoms with E-state index in [2.05, 4.69) is 19.2 Å². The molecule has 2 atom stereocenters. The van der Waals surface area contributed by atoms with E-state index < -0.39 is 10.8 Å². The first-order valence-corrected chi connectivity index (χ1v) is 7.70. The van der Waals surface area contributed by atoms with E-state index in [1.54, 1.807) is 6.07 Å². The second kappa shape index (κ2) is 4.88. The van der Waals surface area contributed by atoms with E-state index >= 15 is 0 Å². The number of nitrogens with one attached hydrogen (secondary N) is 1. The van der Waals surface area contributed by atoms with Crippen LogP contribution < -0.4 is 5.32 Å². The van der Waals surface area contributed by atoms with Crippen molar-refractivity contribution in [1.82, 2.24) is 5.32 Å². The SMILES string of the molecule is CC1(C)CS(=O)CC(c2cccc(Cl)c2Cl)N1. The second-order valence-corrected chi connectivity index (χ2v) is 7.26. The standard InChI is InChI=1S/C12H15Cl2NOS/c1-12(2)7-17(16)6-10(15-12)8-4-3-5-9(13)11(8)14/h3-5,10,15H,6-7H2,1-2H3. The molecule has 0 amide bonds. The second-order valence-electron chi connectivity index (χ2n) is 4.97. The maximum Gasteiger partial charge on any atom is 0.0640 e. The molecule has 1 aromatic rings. The Labute approximate surface area is 114 Å². The largest absolute Gasteiger partial charge is 0.303 e. The molecule has 1 fully saturated rings. The van der Waals surface area contributed by atoms with Crippen LogP contribution >= 0.6 is 23.2 Å². The van der Waals surface area contributed by atoms with E-state index in [0.29, 0.717) is 21.6 Å². The molecule has 0 aliphatic carbocycles. The molecule has 0 aromatic heterocycles. The lowest BCUT2D eigenvalue weighted by molar-refractivity contribution is 0.369. The van der Waals surface area contributed by atoms with Crippen LogP contribution in [0.2, 0.25) is 10.0 Å². The zero-order valence-corrected chi connectivity index (χ0v) is 12.1. The molecule has 1 saturated heterocycles. The van der Waals surface area contributed by atoms with Crippen molar-refractivity contribution in [3.05, 3.63) is 33.8 Å². The van der Waals surface area contributed by atoms with Gasteiger partial charge in [-0.05, 0) is 25.5 Å². The molecular formula is C12H15Cl2NOS. The van der Waals surface area contributed by atoms with Crippen molar-refractivity contribution < 1.29 is 4.21 Å². The van der Waals surface area contributed by atoms with Gasteiger partial charge >= 0.3 is 0 Å². The molecule has 2 unspecified atom stereocenters. The smallest absolute Gasteiger partial charge is 0.0640 e. The first-order chi connectivity index (χ1) is 7.89. The van der Waals surface area contributed by atoms with Gasteiger partial charge in [-0.3, -0.25) is 4.21 Å². The Kier molecular flexibility index (Phi) is 3.83. The summed E-state index contributed by atoms with van der Waals surface area (Å²) in [4.78, 5) is 0. The van der Waals surface area contributed by atoms with Gasteiger partial charge in [-0.15, -0.1) is 0 Å². The normalized spacial score (nSPS) is 28.0. The number of halogens is 2. The maximum absolute atomic E-state index is 11.9. The van der Waals surface area contributed by atoms with Gasteiger partial charge in [0.1, 0.15) is 0 Å². The van der Waals surface area contributed by atoms with Crippen LogP contribution in [0.25, 0.3) is 0 Å². The van der Waals surface area contributed by atoms with Gasteiger partial charge in [0.25, 0.3) is 0 Å². The van der Waals surface area contributed by atoms with Crippen LogP contribution in [0.15, 0.2) is 18.2 Å². The molecule has 0 bridgehead atoms. The van der Waals surface area contributed by atoms with Gasteiger partial charge in [-0.1, -0.05) is 35.3 Å². The molecular weight excluding hydrogens is 277 g/mol. The highest BCUT2D eigenvalue weighted by atomic mass is 35.5. The minimum atomic E-state index is -0.819. The van der Waals surface area contributed by atoms with Gasteiger partial charge in [-0.25, -0.2) is 0 Å². The summed E-state index contributed by atoms with van der Waals surface area (Å²) >= 11 is 12.2. The van der Waals surface area contributed by atoms with Gasteiger partial charge in [0, 0.05) is 33.9 Å². The Balaban J connectivity index is 2.33. The van der Waals surface area contributed by atoms with Crippen molar-refractivity contribution in [3.63, 3.8) is 0 Å². The van der Waals surface area contributed by atoms with Crippen LogP contribution in [0.3, 0.4) is 0 Å². The molecule has 1 aromatic carbocycles. The highest BCUT2D eigenvalue weighted by Crippen LogP contribution is 2.33. The van der Waals surface area contributed by atoms with E-state index in [0.717, 1.165) is 5.56 Å². The highest BCUT2D eigenvalue weighted by Gasteiger charge is 2.33. The first kappa shape index (κ1) is 13.3. The van der Waals surface area contributed by atoms with Gasteiger partial charge < -0.3 is 5.32 Å². The molecule has 0 saturated carbocycles. The van der Waals surface area contributed by atoms with Crippen molar-refractivity contribution in [2.45, 2.75) is 25.4 Å². The summed E-state index contributed by atoms with van der Waals surface area (Å²) in [7, 11) is -0.819. The summed E-state index contributed by atoms with van der Waals surface area (Å²) in [5.74, 6) is 1.26. The summed E-state index contributed by atoms with van der Waals surface area (Å²) < 4.78 is 11.9. The number of rotatable bonds is 1. The van der Waals surface area contributed by atoms with E-state index in [9.17, 15) is 4.21 Å². The van der Waals surface area contributed by atoms with E-state index in [1.165, 1.54) is 0 Å². The summed E-state index contributed by atoms with van der Waals surface area (Å²) in [5.41, 5.74) is 0.791. The van der Waals surface area contributed by atoms with E-state index in [1.807, 2.05) is 12.1 Å². The van der Waals surface area contributed by atoms with Crippen molar-refractivity contribution >= 4 is 34.0 Å². The Morgan fingerprint density at radius 3 is 2.76 bits per heavy atom. The fourth-order valence-electron chi connectivity index (χ4n) is 2.16. The Hall–Kier alpha value is -0.0900. The van der Waals surface area contributed by atoms with E-state index in [-0.39, 0.29) is 11.6 Å². The van der Waals surface area contributed by atoms with Crippen LogP contribution in [0, 0.1) is 0 Å². The van der Waals surface area contributed by atoms with Crippen LogP contribution in [-0.4, -0.2) is 21.3 Å². The zero-order valence-electron chi connectivity index (χ0n) is 9.80. The molecule has 1 N–H and O–H groups in total. The molecule has 0 spiro atoms. The lowest BCUT2D eigenvalue weighted by atomic mass is 10.0. The average molecular weight is 292 g/mol. The predicted octanol–water partition coefficient (Wildman–Crippen LogP) is 3.17. The van der Waals surface area contributed by atoms with Crippen LogP contribution in [0.5, 0.6) is 0 Å². The molecule has 1 aliphatic heterocycles. The van der Waals surface area contributed by atoms with Crippen molar-refractivity contribution in [2.24, 2.45) is 0 Å².